The Morgan fingerprint density at radius 1 is 1.04 bits per heavy atom. The molecular weight excluding hydrogens is 374 g/mol. The first-order chi connectivity index (χ1) is 13.6. The molecule has 0 spiro atoms. The Kier molecular flexibility index (Phi) is 5.08. The van der Waals surface area contributed by atoms with E-state index in [2.05, 4.69) is 10.3 Å². The molecule has 28 heavy (non-hydrogen) atoms. The number of carbonyl (C=O) groups excluding carboxylic acids is 2. The molecule has 1 aliphatic heterocycles. The zero-order valence-electron chi connectivity index (χ0n) is 15.0. The Morgan fingerprint density at radius 3 is 2.54 bits per heavy atom. The molecule has 0 saturated heterocycles. The van der Waals surface area contributed by atoms with Crippen molar-refractivity contribution in [1.82, 2.24) is 10.3 Å². The number of fused-ring (bicyclic) bond motifs is 1. The van der Waals surface area contributed by atoms with Gasteiger partial charge in [0.25, 0.3) is 5.91 Å². The maximum absolute atomic E-state index is 13.0. The molecule has 0 radical (unpaired) electrons. The second-order valence-electron chi connectivity index (χ2n) is 6.57. The lowest BCUT2D eigenvalue weighted by Crippen LogP contribution is -2.32. The fourth-order valence-electron chi connectivity index (χ4n) is 3.39. The molecule has 1 N–H and O–H groups in total. The van der Waals surface area contributed by atoms with E-state index in [0.717, 1.165) is 5.56 Å². The third-order valence-corrected chi connectivity index (χ3v) is 4.98. The standard InChI is InChI=1S/C22H18ClN3O2/c23-16-8-10-17(11-9-16)26-19(21-18(22(26)28)7-4-12-24-21)13-20(27)25-14-15-5-2-1-3-6-15/h1-12,19H,13-14H2,(H,25,27). The Morgan fingerprint density at radius 2 is 1.79 bits per heavy atom. The number of aromatic nitrogens is 1. The number of amides is 2. The Balaban J connectivity index is 1.57. The lowest BCUT2D eigenvalue weighted by molar-refractivity contribution is -0.121. The molecule has 2 aromatic carbocycles. The van der Waals surface area contributed by atoms with Crippen LogP contribution < -0.4 is 10.2 Å². The number of nitrogens with one attached hydrogen (secondary N) is 1. The molecule has 2 amide bonds. The SMILES string of the molecule is O=C(CC1c2ncccc2C(=O)N1c1ccc(Cl)cc1)NCc1ccccc1. The Hall–Kier alpha value is -3.18. The molecule has 3 aromatic rings. The summed E-state index contributed by atoms with van der Waals surface area (Å²) in [6, 6.07) is 19.7. The van der Waals surface area contributed by atoms with Crippen molar-refractivity contribution in [3.63, 3.8) is 0 Å². The van der Waals surface area contributed by atoms with Crippen molar-refractivity contribution < 1.29 is 9.59 Å². The van der Waals surface area contributed by atoms with Gasteiger partial charge in [-0.1, -0.05) is 41.9 Å². The lowest BCUT2D eigenvalue weighted by atomic mass is 10.1. The summed E-state index contributed by atoms with van der Waals surface area (Å²) < 4.78 is 0. The first kappa shape index (κ1) is 18.2. The highest BCUT2D eigenvalue weighted by Crippen LogP contribution is 2.38. The van der Waals surface area contributed by atoms with E-state index < -0.39 is 6.04 Å². The molecule has 0 fully saturated rings. The lowest BCUT2D eigenvalue weighted by Gasteiger charge is -2.24. The van der Waals surface area contributed by atoms with Crippen molar-refractivity contribution in [3.8, 4) is 0 Å². The number of benzene rings is 2. The highest BCUT2D eigenvalue weighted by molar-refractivity contribution is 6.30. The molecule has 4 rings (SSSR count). The topological polar surface area (TPSA) is 62.3 Å². The van der Waals surface area contributed by atoms with Gasteiger partial charge in [0.1, 0.15) is 0 Å². The van der Waals surface area contributed by atoms with E-state index in [0.29, 0.717) is 28.5 Å². The van der Waals surface area contributed by atoms with Crippen LogP contribution in [-0.2, 0) is 11.3 Å². The molecule has 1 unspecified atom stereocenters. The molecule has 140 valence electrons. The minimum Gasteiger partial charge on any atom is -0.352 e. The number of hydrogen-bond donors (Lipinski definition) is 1. The van der Waals surface area contributed by atoms with E-state index in [4.69, 9.17) is 11.6 Å². The van der Waals surface area contributed by atoms with Crippen LogP contribution in [0.4, 0.5) is 5.69 Å². The normalized spacial score (nSPS) is 15.4. The summed E-state index contributed by atoms with van der Waals surface area (Å²) in [5.74, 6) is -0.301. The van der Waals surface area contributed by atoms with E-state index in [1.807, 2.05) is 30.3 Å². The predicted molar refractivity (Wildman–Crippen MR) is 108 cm³/mol. The van der Waals surface area contributed by atoms with Gasteiger partial charge in [-0.05, 0) is 42.0 Å². The average Bonchev–Trinajstić information content (AvgIpc) is 3.00. The van der Waals surface area contributed by atoms with Crippen LogP contribution in [-0.4, -0.2) is 16.8 Å². The number of carbonyl (C=O) groups is 2. The molecule has 0 bridgehead atoms. The molecule has 0 saturated carbocycles. The van der Waals surface area contributed by atoms with E-state index in [-0.39, 0.29) is 18.2 Å². The first-order valence-electron chi connectivity index (χ1n) is 8.98. The van der Waals surface area contributed by atoms with E-state index in [9.17, 15) is 9.59 Å². The van der Waals surface area contributed by atoms with Crippen molar-refractivity contribution in [3.05, 3.63) is 94.8 Å². The van der Waals surface area contributed by atoms with Gasteiger partial charge in [-0.25, -0.2) is 0 Å². The van der Waals surface area contributed by atoms with E-state index >= 15 is 0 Å². The largest absolute Gasteiger partial charge is 0.352 e. The summed E-state index contributed by atoms with van der Waals surface area (Å²) >= 11 is 5.98. The van der Waals surface area contributed by atoms with Crippen LogP contribution in [0.1, 0.15) is 34.1 Å². The van der Waals surface area contributed by atoms with Gasteiger partial charge in [0.15, 0.2) is 0 Å². The minimum atomic E-state index is -0.458. The van der Waals surface area contributed by atoms with Crippen molar-refractivity contribution in [2.24, 2.45) is 0 Å². The highest BCUT2D eigenvalue weighted by atomic mass is 35.5. The number of halogens is 1. The molecule has 2 heterocycles. The maximum atomic E-state index is 13.0. The van der Waals surface area contributed by atoms with Gasteiger partial charge in [-0.3, -0.25) is 19.5 Å². The summed E-state index contributed by atoms with van der Waals surface area (Å²) in [5, 5.41) is 3.51. The van der Waals surface area contributed by atoms with Crippen LogP contribution in [0.5, 0.6) is 0 Å². The van der Waals surface area contributed by atoms with Crippen LogP contribution in [0.25, 0.3) is 0 Å². The van der Waals surface area contributed by atoms with Gasteiger partial charge in [0.05, 0.1) is 23.7 Å². The fraction of sp³-hybridized carbons (Fsp3) is 0.136. The number of rotatable bonds is 5. The van der Waals surface area contributed by atoms with Crippen LogP contribution in [0.3, 0.4) is 0 Å². The van der Waals surface area contributed by atoms with Gasteiger partial charge < -0.3 is 5.32 Å². The smallest absolute Gasteiger partial charge is 0.260 e. The van der Waals surface area contributed by atoms with Gasteiger partial charge in [0, 0.05) is 23.5 Å². The Labute approximate surface area is 168 Å². The van der Waals surface area contributed by atoms with Gasteiger partial charge in [-0.15, -0.1) is 0 Å². The first-order valence-corrected chi connectivity index (χ1v) is 9.36. The highest BCUT2D eigenvalue weighted by Gasteiger charge is 2.39. The quantitative estimate of drug-likeness (QED) is 0.710. The van der Waals surface area contributed by atoms with Gasteiger partial charge in [0.2, 0.25) is 5.91 Å². The van der Waals surface area contributed by atoms with Crippen molar-refractivity contribution >= 4 is 29.1 Å². The summed E-state index contributed by atoms with van der Waals surface area (Å²) in [4.78, 5) is 31.6. The zero-order chi connectivity index (χ0) is 19.5. The monoisotopic (exact) mass is 391 g/mol. The summed E-state index contributed by atoms with van der Waals surface area (Å²) in [5.41, 5.74) is 2.86. The van der Waals surface area contributed by atoms with E-state index in [1.165, 1.54) is 0 Å². The third-order valence-electron chi connectivity index (χ3n) is 4.73. The van der Waals surface area contributed by atoms with Crippen LogP contribution in [0, 0.1) is 0 Å². The number of pyridine rings is 1. The fourth-order valence-corrected chi connectivity index (χ4v) is 3.51. The third kappa shape index (κ3) is 3.62. The average molecular weight is 392 g/mol. The molecule has 1 aliphatic rings. The molecule has 1 aromatic heterocycles. The number of hydrogen-bond acceptors (Lipinski definition) is 3. The number of nitrogens with zero attached hydrogens (tertiary/aromatic N) is 2. The zero-order valence-corrected chi connectivity index (χ0v) is 15.8. The maximum Gasteiger partial charge on any atom is 0.260 e. The second kappa shape index (κ2) is 7.82. The van der Waals surface area contributed by atoms with Gasteiger partial charge in [-0.2, -0.15) is 0 Å². The van der Waals surface area contributed by atoms with Crippen molar-refractivity contribution in [2.75, 3.05) is 4.90 Å². The number of anilines is 1. The molecule has 5 nitrogen and oxygen atoms in total. The second-order valence-corrected chi connectivity index (χ2v) is 7.01. The summed E-state index contributed by atoms with van der Waals surface area (Å²) in [7, 11) is 0. The van der Waals surface area contributed by atoms with Crippen molar-refractivity contribution in [2.45, 2.75) is 19.0 Å². The molecule has 6 heteroatoms. The van der Waals surface area contributed by atoms with Gasteiger partial charge >= 0.3 is 0 Å². The van der Waals surface area contributed by atoms with Crippen LogP contribution >= 0.6 is 11.6 Å². The van der Waals surface area contributed by atoms with Crippen LogP contribution in [0.2, 0.25) is 5.02 Å². The Bertz CT molecular complexity index is 1010. The molecular formula is C22H18ClN3O2. The van der Waals surface area contributed by atoms with E-state index in [1.54, 1.807) is 47.5 Å². The predicted octanol–water partition coefficient (Wildman–Crippen LogP) is 4.14. The van der Waals surface area contributed by atoms with Crippen molar-refractivity contribution in [1.29, 1.82) is 0 Å². The summed E-state index contributed by atoms with van der Waals surface area (Å²) in [6.07, 6.45) is 1.78. The molecule has 0 aliphatic carbocycles. The summed E-state index contributed by atoms with van der Waals surface area (Å²) in [6.45, 7) is 0.441. The van der Waals surface area contributed by atoms with Crippen LogP contribution in [0.15, 0.2) is 72.9 Å². The minimum absolute atomic E-state index is 0.130. The molecule has 1 atom stereocenters.